The van der Waals surface area contributed by atoms with Gasteiger partial charge in [0.25, 0.3) is 0 Å². The fourth-order valence-corrected chi connectivity index (χ4v) is 13.1. The van der Waals surface area contributed by atoms with E-state index in [1.807, 2.05) is 0 Å². The second-order valence-electron chi connectivity index (χ2n) is 23.3. The maximum Gasteiger partial charge on any atom is 0.0491 e. The van der Waals surface area contributed by atoms with E-state index in [2.05, 4.69) is 375 Å². The van der Waals surface area contributed by atoms with Gasteiger partial charge in [0.05, 0.1) is 0 Å². The molecule has 2 heteroatoms. The number of fused-ring (bicyclic) bond motifs is 2. The van der Waals surface area contributed by atoms with Crippen molar-refractivity contribution in [3.05, 3.63) is 363 Å². The summed E-state index contributed by atoms with van der Waals surface area (Å²) < 4.78 is 0. The highest BCUT2D eigenvalue weighted by atomic mass is 15.1. The van der Waals surface area contributed by atoms with Crippen LogP contribution in [-0.2, 0) is 0 Å². The van der Waals surface area contributed by atoms with Crippen molar-refractivity contribution >= 4 is 55.7 Å². The van der Waals surface area contributed by atoms with E-state index in [0.29, 0.717) is 0 Å². The zero-order valence-electron chi connectivity index (χ0n) is 50.4. The van der Waals surface area contributed by atoms with E-state index in [4.69, 9.17) is 0 Å². The van der Waals surface area contributed by atoms with Crippen LogP contribution in [0.1, 0.15) is 11.1 Å². The van der Waals surface area contributed by atoms with Crippen LogP contribution in [0.4, 0.5) is 34.1 Å². The Labute approximate surface area is 528 Å². The summed E-state index contributed by atoms with van der Waals surface area (Å²) in [5.41, 5.74) is 28.2. The minimum absolute atomic E-state index is 1.09. The van der Waals surface area contributed by atoms with E-state index in [-0.39, 0.29) is 0 Å². The summed E-state index contributed by atoms with van der Waals surface area (Å²) in [4.78, 5) is 4.76. The lowest BCUT2D eigenvalue weighted by Crippen LogP contribution is -2.11. The Hall–Kier alpha value is -11.6. The van der Waals surface area contributed by atoms with Crippen LogP contribution < -0.4 is 9.80 Å². The molecule has 0 saturated carbocycles. The van der Waals surface area contributed by atoms with E-state index in [1.165, 1.54) is 122 Å². The Kier molecular flexibility index (Phi) is 14.9. The molecule has 426 valence electrons. The Morgan fingerprint density at radius 2 is 0.489 bits per heavy atom. The molecule has 0 spiro atoms. The quantitative estimate of drug-likeness (QED) is 0.107. The number of para-hydroxylation sites is 1. The molecular weight excluding hydrogens is 1080 g/mol. The van der Waals surface area contributed by atoms with Gasteiger partial charge in [-0.1, -0.05) is 285 Å². The third-order valence-corrected chi connectivity index (χ3v) is 17.8. The molecule has 0 heterocycles. The van der Waals surface area contributed by atoms with Gasteiger partial charge in [0, 0.05) is 34.1 Å². The lowest BCUT2D eigenvalue weighted by Gasteiger charge is -2.28. The summed E-state index contributed by atoms with van der Waals surface area (Å²) in [6.07, 6.45) is 0. The average Bonchev–Trinajstić information content (AvgIpc) is 1.23. The van der Waals surface area contributed by atoms with E-state index >= 15 is 0 Å². The molecule has 0 aliphatic heterocycles. The second kappa shape index (κ2) is 24.3. The monoisotopic (exact) mass is 1150 g/mol. The summed E-state index contributed by atoms with van der Waals surface area (Å²) in [6, 6.07) is 128. The second-order valence-corrected chi connectivity index (χ2v) is 23.3. The van der Waals surface area contributed by atoms with Gasteiger partial charge in [0.1, 0.15) is 0 Å². The molecule has 0 atom stereocenters. The molecule has 0 aliphatic carbocycles. The minimum Gasteiger partial charge on any atom is -0.310 e. The summed E-state index contributed by atoms with van der Waals surface area (Å²) in [6.45, 7) is 4.43. The van der Waals surface area contributed by atoms with Crippen molar-refractivity contribution in [3.63, 3.8) is 0 Å². The first-order valence-corrected chi connectivity index (χ1v) is 31.0. The molecule has 0 bridgehead atoms. The van der Waals surface area contributed by atoms with Crippen LogP contribution in [0.2, 0.25) is 0 Å². The summed E-state index contributed by atoms with van der Waals surface area (Å²) in [5.74, 6) is 0. The number of hydrogen-bond acceptors (Lipinski definition) is 2. The van der Waals surface area contributed by atoms with Crippen LogP contribution in [0.25, 0.3) is 111 Å². The average molecular weight is 1150 g/mol. The molecule has 0 radical (unpaired) electrons. The number of hydrogen-bond donors (Lipinski definition) is 0. The van der Waals surface area contributed by atoms with Crippen molar-refractivity contribution in [2.45, 2.75) is 13.8 Å². The molecular formula is C88H64N2. The summed E-state index contributed by atoms with van der Waals surface area (Å²) in [7, 11) is 0. The third-order valence-electron chi connectivity index (χ3n) is 17.8. The van der Waals surface area contributed by atoms with Gasteiger partial charge in [-0.25, -0.2) is 0 Å². The van der Waals surface area contributed by atoms with Crippen molar-refractivity contribution in [1.82, 2.24) is 0 Å². The highest BCUT2D eigenvalue weighted by Crippen LogP contribution is 2.45. The lowest BCUT2D eigenvalue weighted by atomic mass is 9.88. The Morgan fingerprint density at radius 1 is 0.178 bits per heavy atom. The van der Waals surface area contributed by atoms with Crippen LogP contribution in [0.15, 0.2) is 352 Å². The van der Waals surface area contributed by atoms with E-state index in [9.17, 15) is 0 Å². The van der Waals surface area contributed by atoms with Crippen LogP contribution in [-0.4, -0.2) is 0 Å². The van der Waals surface area contributed by atoms with Crippen LogP contribution in [0, 0.1) is 13.8 Å². The predicted molar refractivity (Wildman–Crippen MR) is 384 cm³/mol. The lowest BCUT2D eigenvalue weighted by molar-refractivity contribution is 1.25. The first-order valence-electron chi connectivity index (χ1n) is 31.0. The first kappa shape index (κ1) is 55.0. The van der Waals surface area contributed by atoms with Gasteiger partial charge in [-0.3, -0.25) is 0 Å². The maximum atomic E-state index is 2.40. The summed E-state index contributed by atoms with van der Waals surface area (Å²) >= 11 is 0. The van der Waals surface area contributed by atoms with Crippen molar-refractivity contribution in [2.75, 3.05) is 9.80 Å². The fourth-order valence-electron chi connectivity index (χ4n) is 13.1. The van der Waals surface area contributed by atoms with Crippen molar-refractivity contribution in [2.24, 2.45) is 0 Å². The maximum absolute atomic E-state index is 2.40. The molecule has 0 aromatic heterocycles. The number of aryl methyl sites for hydroxylation is 2. The van der Waals surface area contributed by atoms with Gasteiger partial charge in [0.15, 0.2) is 0 Å². The summed E-state index contributed by atoms with van der Waals surface area (Å²) in [5, 5.41) is 4.96. The smallest absolute Gasteiger partial charge is 0.0491 e. The SMILES string of the molecule is Cc1ccccc1N(c1ccc(-c2ccccc2)cc1)c1ccc(-c2ccc(-c3cccc4c(-c5ccccc5-c5ccc(N(c6ccc(-c7ccccc7)cc6)c6ccc(-c7ccc(-c8cccc9ccccc89)cc7)cc6)c(C)c5)cccc34)cc2)cc1. The number of anilines is 6. The Morgan fingerprint density at radius 3 is 0.978 bits per heavy atom. The molecule has 0 N–H and O–H groups in total. The molecule has 15 aromatic carbocycles. The number of benzene rings is 15. The number of rotatable bonds is 14. The molecule has 0 amide bonds. The normalized spacial score (nSPS) is 11.2. The van der Waals surface area contributed by atoms with Gasteiger partial charge in [-0.05, 0) is 202 Å². The van der Waals surface area contributed by atoms with Gasteiger partial charge in [-0.15, -0.1) is 0 Å². The third kappa shape index (κ3) is 10.8. The highest BCUT2D eigenvalue weighted by Gasteiger charge is 2.20. The highest BCUT2D eigenvalue weighted by molar-refractivity contribution is 6.07. The van der Waals surface area contributed by atoms with Crippen molar-refractivity contribution in [3.8, 4) is 89.0 Å². The zero-order chi connectivity index (χ0) is 60.3. The van der Waals surface area contributed by atoms with Crippen LogP contribution >= 0.6 is 0 Å². The zero-order valence-corrected chi connectivity index (χ0v) is 50.4. The largest absolute Gasteiger partial charge is 0.310 e. The van der Waals surface area contributed by atoms with Crippen LogP contribution in [0.5, 0.6) is 0 Å². The topological polar surface area (TPSA) is 6.48 Å². The van der Waals surface area contributed by atoms with E-state index in [0.717, 1.165) is 34.1 Å². The fraction of sp³-hybridized carbons (Fsp3) is 0.0227. The predicted octanol–water partition coefficient (Wildman–Crippen LogP) is 24.9. The molecule has 2 nitrogen and oxygen atoms in total. The molecule has 15 aromatic rings. The van der Waals surface area contributed by atoms with E-state index < -0.39 is 0 Å². The Balaban J connectivity index is 0.714. The Bertz CT molecular complexity index is 5010. The van der Waals surface area contributed by atoms with Gasteiger partial charge in [0.2, 0.25) is 0 Å². The molecule has 0 unspecified atom stereocenters. The molecule has 0 saturated heterocycles. The molecule has 0 aliphatic rings. The van der Waals surface area contributed by atoms with Crippen LogP contribution in [0.3, 0.4) is 0 Å². The first-order chi connectivity index (χ1) is 44.5. The molecule has 15 rings (SSSR count). The van der Waals surface area contributed by atoms with Crippen molar-refractivity contribution in [1.29, 1.82) is 0 Å². The standard InChI is InChI=1S/C88H64N2/c1-61-18-9-14-33-87(61)89(75-51-42-67(43-52-75)63-19-5-3-6-20-63)76-55-46-69(47-56-76)66-36-40-73(41-37-66)81-29-16-31-86-84(81)30-17-32-85(86)83-27-13-12-26-82(83)74-50-59-88(62(2)60-74)90(77-53-44-68(45-54-77)64-21-7-4-8-22-64)78-57-48-70(49-58-78)65-34-38-72(39-35-65)80-28-15-24-71-23-10-11-25-79(71)80/h3-60H,1-2H3. The van der Waals surface area contributed by atoms with Crippen molar-refractivity contribution < 1.29 is 0 Å². The minimum atomic E-state index is 1.09. The molecule has 90 heavy (non-hydrogen) atoms. The van der Waals surface area contributed by atoms with E-state index in [1.54, 1.807) is 0 Å². The number of nitrogens with zero attached hydrogens (tertiary/aromatic N) is 2. The van der Waals surface area contributed by atoms with Gasteiger partial charge in [-0.2, -0.15) is 0 Å². The van der Waals surface area contributed by atoms with Gasteiger partial charge >= 0.3 is 0 Å². The molecule has 0 fully saturated rings. The van der Waals surface area contributed by atoms with Gasteiger partial charge < -0.3 is 9.80 Å².